The van der Waals surface area contributed by atoms with Crippen LogP contribution < -0.4 is 14.2 Å². The Morgan fingerprint density at radius 3 is 2.57 bits per heavy atom. The molecule has 0 unspecified atom stereocenters. The molecule has 1 aliphatic heterocycles. The predicted octanol–water partition coefficient (Wildman–Crippen LogP) is 1.51. The molecular formula is C20H20N2O5S. The number of nitrogens with one attached hydrogen (secondary N) is 1. The van der Waals surface area contributed by atoms with Gasteiger partial charge in [0.05, 0.1) is 18.0 Å². The van der Waals surface area contributed by atoms with Gasteiger partial charge in [0, 0.05) is 12.6 Å². The first-order valence-electron chi connectivity index (χ1n) is 8.58. The van der Waals surface area contributed by atoms with Crippen molar-refractivity contribution in [2.75, 3.05) is 26.7 Å². The normalized spacial score (nSPS) is 15.5. The summed E-state index contributed by atoms with van der Waals surface area (Å²) in [5.74, 6) is 3.29. The lowest BCUT2D eigenvalue weighted by Gasteiger charge is -2.29. The van der Waals surface area contributed by atoms with Gasteiger partial charge in [0.1, 0.15) is 6.61 Å². The highest BCUT2D eigenvalue weighted by molar-refractivity contribution is 7.89. The van der Waals surface area contributed by atoms with Gasteiger partial charge in [0.15, 0.2) is 17.6 Å². The summed E-state index contributed by atoms with van der Waals surface area (Å²) in [6.45, 7) is 0.571. The lowest BCUT2D eigenvalue weighted by Crippen LogP contribution is -2.41. The summed E-state index contributed by atoms with van der Waals surface area (Å²) in [4.78, 5) is 14.2. The summed E-state index contributed by atoms with van der Waals surface area (Å²) >= 11 is 0. The maximum atomic E-state index is 12.6. The fraction of sp³-hybridized carbons (Fsp3) is 0.250. The number of rotatable bonds is 6. The van der Waals surface area contributed by atoms with Gasteiger partial charge < -0.3 is 14.4 Å². The number of sulfonamides is 1. The lowest BCUT2D eigenvalue weighted by atomic mass is 10.2. The van der Waals surface area contributed by atoms with Crippen LogP contribution in [-0.4, -0.2) is 52.1 Å². The van der Waals surface area contributed by atoms with Gasteiger partial charge in [-0.25, -0.2) is 8.42 Å². The van der Waals surface area contributed by atoms with Crippen molar-refractivity contribution >= 4 is 15.9 Å². The van der Waals surface area contributed by atoms with Crippen molar-refractivity contribution in [1.29, 1.82) is 0 Å². The predicted molar refractivity (Wildman–Crippen MR) is 104 cm³/mol. The van der Waals surface area contributed by atoms with Crippen molar-refractivity contribution in [2.45, 2.75) is 11.0 Å². The average molecular weight is 400 g/mol. The van der Waals surface area contributed by atoms with Gasteiger partial charge in [0.25, 0.3) is 5.91 Å². The van der Waals surface area contributed by atoms with Gasteiger partial charge in [0.2, 0.25) is 10.0 Å². The molecular weight excluding hydrogens is 380 g/mol. The van der Waals surface area contributed by atoms with Gasteiger partial charge in [-0.2, -0.15) is 4.72 Å². The molecule has 1 heterocycles. The quantitative estimate of drug-likeness (QED) is 0.743. The smallest absolute Gasteiger partial charge is 0.253 e. The van der Waals surface area contributed by atoms with Crippen molar-refractivity contribution in [1.82, 2.24) is 9.62 Å². The highest BCUT2D eigenvalue weighted by atomic mass is 32.2. The molecule has 3 rings (SSSR count). The summed E-state index contributed by atoms with van der Waals surface area (Å²) in [6.07, 6.45) is 4.77. The number of terminal acetylenes is 1. The number of likely N-dealkylation sites (N-methyl/N-ethyl adjacent to an activating group) is 1. The molecule has 2 aromatic rings. The Kier molecular flexibility index (Phi) is 5.87. The van der Waals surface area contributed by atoms with Gasteiger partial charge in [-0.15, -0.1) is 6.42 Å². The molecule has 0 saturated heterocycles. The topological polar surface area (TPSA) is 84.9 Å². The molecule has 0 bridgehead atoms. The van der Waals surface area contributed by atoms with Gasteiger partial charge in [-0.1, -0.05) is 18.1 Å². The zero-order valence-electron chi connectivity index (χ0n) is 15.3. The summed E-state index contributed by atoms with van der Waals surface area (Å²) < 4.78 is 37.9. The molecule has 0 fully saturated rings. The zero-order valence-corrected chi connectivity index (χ0v) is 16.1. The second-order valence-electron chi connectivity index (χ2n) is 6.24. The fourth-order valence-electron chi connectivity index (χ4n) is 2.76. The average Bonchev–Trinajstić information content (AvgIpc) is 2.71. The number of amides is 1. The van der Waals surface area contributed by atoms with E-state index in [9.17, 15) is 13.2 Å². The number of nitrogens with zero attached hydrogens (tertiary/aromatic N) is 1. The maximum absolute atomic E-state index is 12.6. The molecule has 2 aromatic carbocycles. The van der Waals surface area contributed by atoms with E-state index in [-0.39, 0.29) is 23.5 Å². The Morgan fingerprint density at radius 1 is 1.21 bits per heavy atom. The van der Waals surface area contributed by atoms with Gasteiger partial charge in [-0.3, -0.25) is 4.79 Å². The monoisotopic (exact) mass is 400 g/mol. The van der Waals surface area contributed by atoms with E-state index < -0.39 is 10.0 Å². The summed E-state index contributed by atoms with van der Waals surface area (Å²) in [6, 6.07) is 13.0. The summed E-state index contributed by atoms with van der Waals surface area (Å²) in [7, 11) is -2.03. The van der Waals surface area contributed by atoms with E-state index in [0.29, 0.717) is 30.2 Å². The Bertz CT molecular complexity index is 996. The number of benzene rings is 2. The second kappa shape index (κ2) is 8.33. The molecule has 7 nitrogen and oxygen atoms in total. The Morgan fingerprint density at radius 2 is 1.89 bits per heavy atom. The van der Waals surface area contributed by atoms with E-state index in [1.165, 1.54) is 29.2 Å². The minimum atomic E-state index is -3.69. The molecule has 146 valence electrons. The number of para-hydroxylation sites is 2. The molecule has 28 heavy (non-hydrogen) atoms. The molecule has 1 aliphatic rings. The third-order valence-corrected chi connectivity index (χ3v) is 5.58. The molecule has 0 aromatic heterocycles. The van der Waals surface area contributed by atoms with Crippen molar-refractivity contribution in [3.05, 3.63) is 54.1 Å². The largest absolute Gasteiger partial charge is 0.486 e. The molecule has 8 heteroatoms. The van der Waals surface area contributed by atoms with Crippen molar-refractivity contribution < 1.29 is 22.7 Å². The highest BCUT2D eigenvalue weighted by Crippen LogP contribution is 2.31. The molecule has 1 amide bonds. The second-order valence-corrected chi connectivity index (χ2v) is 8.00. The van der Waals surface area contributed by atoms with E-state index in [1.54, 1.807) is 7.05 Å². The third-order valence-electron chi connectivity index (χ3n) is 4.17. The fourth-order valence-corrected chi connectivity index (χ4v) is 3.69. The number of hydrogen-bond acceptors (Lipinski definition) is 5. The van der Waals surface area contributed by atoms with Crippen LogP contribution in [0.2, 0.25) is 0 Å². The van der Waals surface area contributed by atoms with Crippen molar-refractivity contribution in [3.63, 3.8) is 0 Å². The minimum Gasteiger partial charge on any atom is -0.486 e. The van der Waals surface area contributed by atoms with E-state index in [4.69, 9.17) is 15.9 Å². The molecule has 0 spiro atoms. The maximum Gasteiger partial charge on any atom is 0.253 e. The standard InChI is InChI=1S/C20H20N2O5S/c1-3-12-21-28(24,25)17-10-8-15(9-11-17)20(23)22(2)13-16-14-26-18-6-4-5-7-19(18)27-16/h1,4-11,16,21H,12-14H2,2H3/t16-/m0/s1. The number of carbonyl (C=O) groups excluding carboxylic acids is 1. The van der Waals surface area contributed by atoms with E-state index in [1.807, 2.05) is 24.3 Å². The van der Waals surface area contributed by atoms with Gasteiger partial charge in [-0.05, 0) is 36.4 Å². The summed E-state index contributed by atoms with van der Waals surface area (Å²) in [5.41, 5.74) is 0.371. The van der Waals surface area contributed by atoms with Crippen LogP contribution in [0.1, 0.15) is 10.4 Å². The van der Waals surface area contributed by atoms with Gasteiger partial charge >= 0.3 is 0 Å². The van der Waals surface area contributed by atoms with Crippen LogP contribution in [-0.2, 0) is 10.0 Å². The van der Waals surface area contributed by atoms with Crippen LogP contribution in [0, 0.1) is 12.3 Å². The Balaban J connectivity index is 1.63. The van der Waals surface area contributed by atoms with E-state index in [0.717, 1.165) is 0 Å². The van der Waals surface area contributed by atoms with Crippen molar-refractivity contribution in [2.24, 2.45) is 0 Å². The van der Waals surface area contributed by atoms with E-state index >= 15 is 0 Å². The Hall–Kier alpha value is -3.02. The third kappa shape index (κ3) is 4.44. The number of fused-ring (bicyclic) bond motifs is 1. The lowest BCUT2D eigenvalue weighted by molar-refractivity contribution is 0.0521. The van der Waals surface area contributed by atoms with E-state index in [2.05, 4.69) is 10.6 Å². The van der Waals surface area contributed by atoms with Crippen LogP contribution in [0.15, 0.2) is 53.4 Å². The van der Waals surface area contributed by atoms with Crippen molar-refractivity contribution in [3.8, 4) is 23.8 Å². The first-order chi connectivity index (χ1) is 13.4. The minimum absolute atomic E-state index is 0.0440. The summed E-state index contributed by atoms with van der Waals surface area (Å²) in [5, 5.41) is 0. The Labute approximate surface area is 164 Å². The van der Waals surface area contributed by atoms with Crippen LogP contribution in [0.3, 0.4) is 0 Å². The molecule has 0 saturated carbocycles. The molecule has 0 radical (unpaired) electrons. The van der Waals surface area contributed by atoms with Crippen LogP contribution in [0.25, 0.3) is 0 Å². The molecule has 1 atom stereocenters. The zero-order chi connectivity index (χ0) is 20.1. The number of carbonyl (C=O) groups is 1. The van der Waals surface area contributed by atoms with Crippen LogP contribution in [0.4, 0.5) is 0 Å². The highest BCUT2D eigenvalue weighted by Gasteiger charge is 2.24. The van der Waals surface area contributed by atoms with Crippen LogP contribution >= 0.6 is 0 Å². The number of hydrogen-bond donors (Lipinski definition) is 1. The molecule has 0 aliphatic carbocycles. The number of ether oxygens (including phenoxy) is 2. The molecule has 1 N–H and O–H groups in total. The first kappa shape index (κ1) is 19.7. The van der Waals surface area contributed by atoms with Crippen LogP contribution in [0.5, 0.6) is 11.5 Å². The SMILES string of the molecule is C#CCNS(=O)(=O)c1ccc(C(=O)N(C)C[C@H]2COc3ccccc3O2)cc1. The first-order valence-corrected chi connectivity index (χ1v) is 10.1.